The molecule has 3 aliphatic heterocycles. The number of alkyl halides is 6. The molecular formula is C28H28F6N4S. The Morgan fingerprint density at radius 2 is 1.77 bits per heavy atom. The second-order valence-corrected chi connectivity index (χ2v) is 10.7. The molecule has 3 aromatic rings. The predicted molar refractivity (Wildman–Crippen MR) is 142 cm³/mol. The molecule has 5 atom stereocenters. The van der Waals surface area contributed by atoms with Crippen LogP contribution in [0.1, 0.15) is 48.9 Å². The zero-order valence-electron chi connectivity index (χ0n) is 21.1. The summed E-state index contributed by atoms with van der Waals surface area (Å²) in [5.41, 5.74) is -1.48. The second-order valence-electron chi connectivity index (χ2n) is 10.3. The molecule has 3 unspecified atom stereocenters. The van der Waals surface area contributed by atoms with E-state index >= 15 is 0 Å². The van der Waals surface area contributed by atoms with E-state index in [4.69, 9.17) is 12.2 Å². The summed E-state index contributed by atoms with van der Waals surface area (Å²) in [6.45, 7) is 4.06. The average molecular weight is 567 g/mol. The molecule has 4 heterocycles. The van der Waals surface area contributed by atoms with Gasteiger partial charge in [0.05, 0.1) is 22.7 Å². The standard InChI is InChI=1S/C28H28F6N4S/c1-2-16-15-38-10-8-17(16)11-24(38)25(22-5-3-7-23-21(22)6-4-9-35-23)37-26(39)36-20-13-18(27(29,30)31)12-19(14-20)28(32,33)34/h3-7,9,12-14,16-17,24-25H,2,8,10-11,15H2,1H3,(H2,36,37,39)/t16?,17?,24-,25-/m1/s1. The fraction of sp³-hybridized carbons (Fsp3) is 0.429. The SMILES string of the molecule is CCC1CN2CCC1C[C@@H]2[C@H](NC(=S)Nc1cc(C(F)(F)F)cc(C(F)(F)F)c1)c1cccc2ncccc12. The second kappa shape index (κ2) is 10.6. The molecule has 0 aliphatic carbocycles. The van der Waals surface area contributed by atoms with Crippen molar-refractivity contribution in [3.8, 4) is 0 Å². The van der Waals surface area contributed by atoms with Crippen LogP contribution in [0.4, 0.5) is 32.0 Å². The highest BCUT2D eigenvalue weighted by atomic mass is 32.1. The molecule has 1 aromatic heterocycles. The van der Waals surface area contributed by atoms with Crippen molar-refractivity contribution >= 4 is 33.9 Å². The lowest BCUT2D eigenvalue weighted by Gasteiger charge is -2.52. The number of nitrogens with one attached hydrogen (secondary N) is 2. The summed E-state index contributed by atoms with van der Waals surface area (Å²) in [6.07, 6.45) is -5.10. The van der Waals surface area contributed by atoms with Gasteiger partial charge in [0, 0.05) is 29.9 Å². The topological polar surface area (TPSA) is 40.2 Å². The molecule has 39 heavy (non-hydrogen) atoms. The Hall–Kier alpha value is -2.92. The molecular weight excluding hydrogens is 538 g/mol. The van der Waals surface area contributed by atoms with Gasteiger partial charge in [0.25, 0.3) is 0 Å². The average Bonchev–Trinajstić information content (AvgIpc) is 2.90. The summed E-state index contributed by atoms with van der Waals surface area (Å²) < 4.78 is 80.3. The number of thiocarbonyl (C=S) groups is 1. The number of rotatable bonds is 5. The number of aromatic nitrogens is 1. The lowest BCUT2D eigenvalue weighted by molar-refractivity contribution is -0.143. The van der Waals surface area contributed by atoms with Gasteiger partial charge in [-0.2, -0.15) is 26.3 Å². The first kappa shape index (κ1) is 27.6. The molecule has 3 fully saturated rings. The van der Waals surface area contributed by atoms with Crippen LogP contribution in [-0.2, 0) is 12.4 Å². The molecule has 4 nitrogen and oxygen atoms in total. The van der Waals surface area contributed by atoms with E-state index in [1.165, 1.54) is 0 Å². The van der Waals surface area contributed by atoms with Crippen LogP contribution >= 0.6 is 12.2 Å². The van der Waals surface area contributed by atoms with Gasteiger partial charge < -0.3 is 10.6 Å². The Kier molecular flexibility index (Phi) is 7.49. The Morgan fingerprint density at radius 3 is 2.38 bits per heavy atom. The van der Waals surface area contributed by atoms with Gasteiger partial charge in [-0.05, 0) is 79.3 Å². The van der Waals surface area contributed by atoms with E-state index in [0.717, 1.165) is 48.8 Å². The summed E-state index contributed by atoms with van der Waals surface area (Å²) in [5, 5.41) is 6.73. The monoisotopic (exact) mass is 566 g/mol. The Balaban J connectivity index is 1.48. The molecule has 6 rings (SSSR count). The van der Waals surface area contributed by atoms with Crippen LogP contribution in [0.3, 0.4) is 0 Å². The van der Waals surface area contributed by atoms with Crippen molar-refractivity contribution in [3.05, 3.63) is 71.4 Å². The predicted octanol–water partition coefficient (Wildman–Crippen LogP) is 7.42. The number of benzene rings is 2. The van der Waals surface area contributed by atoms with Gasteiger partial charge in [-0.15, -0.1) is 0 Å². The van der Waals surface area contributed by atoms with Crippen LogP contribution in [0.2, 0.25) is 0 Å². The first-order valence-electron chi connectivity index (χ1n) is 12.9. The maximum absolute atomic E-state index is 13.4. The highest BCUT2D eigenvalue weighted by molar-refractivity contribution is 7.80. The molecule has 2 N–H and O–H groups in total. The van der Waals surface area contributed by atoms with Crippen molar-refractivity contribution in [2.75, 3.05) is 18.4 Å². The molecule has 11 heteroatoms. The van der Waals surface area contributed by atoms with Crippen LogP contribution in [0.25, 0.3) is 10.9 Å². The third-order valence-corrected chi connectivity index (χ3v) is 8.21. The van der Waals surface area contributed by atoms with E-state index in [9.17, 15) is 26.3 Å². The largest absolute Gasteiger partial charge is 0.416 e. The number of hydrogen-bond acceptors (Lipinski definition) is 3. The van der Waals surface area contributed by atoms with Crippen molar-refractivity contribution < 1.29 is 26.3 Å². The fourth-order valence-corrected chi connectivity index (χ4v) is 6.35. The van der Waals surface area contributed by atoms with Gasteiger partial charge in [0.15, 0.2) is 5.11 Å². The van der Waals surface area contributed by atoms with E-state index < -0.39 is 23.5 Å². The van der Waals surface area contributed by atoms with Crippen molar-refractivity contribution in [1.82, 2.24) is 15.2 Å². The van der Waals surface area contributed by atoms with Gasteiger partial charge in [0.1, 0.15) is 0 Å². The van der Waals surface area contributed by atoms with Gasteiger partial charge in [0.2, 0.25) is 0 Å². The van der Waals surface area contributed by atoms with Gasteiger partial charge in [-0.3, -0.25) is 9.88 Å². The van der Waals surface area contributed by atoms with E-state index in [1.54, 1.807) is 6.20 Å². The molecule has 2 aromatic carbocycles. The number of piperidine rings is 3. The highest BCUT2D eigenvalue weighted by Crippen LogP contribution is 2.43. The first-order chi connectivity index (χ1) is 18.4. The molecule has 0 amide bonds. The lowest BCUT2D eigenvalue weighted by Crippen LogP contribution is -2.58. The van der Waals surface area contributed by atoms with Gasteiger partial charge >= 0.3 is 12.4 Å². The maximum Gasteiger partial charge on any atom is 0.416 e. The normalized spacial score (nSPS) is 24.0. The molecule has 2 bridgehead atoms. The highest BCUT2D eigenvalue weighted by Gasteiger charge is 2.43. The van der Waals surface area contributed by atoms with Crippen LogP contribution in [0.15, 0.2) is 54.7 Å². The zero-order valence-corrected chi connectivity index (χ0v) is 21.9. The summed E-state index contributed by atoms with van der Waals surface area (Å²) >= 11 is 5.49. The molecule has 3 saturated heterocycles. The Labute approximate surface area is 227 Å². The van der Waals surface area contributed by atoms with E-state index in [0.29, 0.717) is 24.0 Å². The van der Waals surface area contributed by atoms with Crippen molar-refractivity contribution in [2.24, 2.45) is 11.8 Å². The smallest absolute Gasteiger partial charge is 0.354 e. The van der Waals surface area contributed by atoms with E-state index in [1.807, 2.05) is 30.3 Å². The first-order valence-corrected chi connectivity index (χ1v) is 13.3. The summed E-state index contributed by atoms with van der Waals surface area (Å²) in [6, 6.07) is 10.6. The molecule has 3 aliphatic rings. The Bertz CT molecular complexity index is 1320. The van der Waals surface area contributed by atoms with E-state index in [2.05, 4.69) is 27.4 Å². The number of halogens is 6. The van der Waals surface area contributed by atoms with Crippen molar-refractivity contribution in [2.45, 2.75) is 50.6 Å². The fourth-order valence-electron chi connectivity index (χ4n) is 6.10. The summed E-state index contributed by atoms with van der Waals surface area (Å²) in [4.78, 5) is 6.88. The number of pyridine rings is 1. The minimum atomic E-state index is -4.95. The van der Waals surface area contributed by atoms with Crippen LogP contribution in [-0.4, -0.2) is 34.1 Å². The Morgan fingerprint density at radius 1 is 1.05 bits per heavy atom. The molecule has 0 saturated carbocycles. The maximum atomic E-state index is 13.4. The number of anilines is 1. The van der Waals surface area contributed by atoms with Gasteiger partial charge in [-0.25, -0.2) is 0 Å². The van der Waals surface area contributed by atoms with Crippen LogP contribution in [0.5, 0.6) is 0 Å². The number of fused-ring (bicyclic) bond motifs is 4. The minimum Gasteiger partial charge on any atom is -0.354 e. The number of nitrogens with zero attached hydrogens (tertiary/aromatic N) is 2. The van der Waals surface area contributed by atoms with Crippen molar-refractivity contribution in [1.29, 1.82) is 0 Å². The third-order valence-electron chi connectivity index (χ3n) is 7.99. The summed E-state index contributed by atoms with van der Waals surface area (Å²) in [5.74, 6) is 1.14. The zero-order chi connectivity index (χ0) is 27.9. The van der Waals surface area contributed by atoms with Crippen LogP contribution < -0.4 is 10.6 Å². The molecule has 208 valence electrons. The third kappa shape index (κ3) is 5.84. The van der Waals surface area contributed by atoms with Crippen LogP contribution in [0, 0.1) is 11.8 Å². The molecule has 0 spiro atoms. The lowest BCUT2D eigenvalue weighted by atomic mass is 9.72. The van der Waals surface area contributed by atoms with E-state index in [-0.39, 0.29) is 28.9 Å². The minimum absolute atomic E-state index is 0.0457. The quantitative estimate of drug-likeness (QED) is 0.249. The number of hydrogen-bond donors (Lipinski definition) is 2. The molecule has 0 radical (unpaired) electrons. The van der Waals surface area contributed by atoms with Gasteiger partial charge in [-0.1, -0.05) is 31.5 Å². The van der Waals surface area contributed by atoms with Crippen molar-refractivity contribution in [3.63, 3.8) is 0 Å². The summed E-state index contributed by atoms with van der Waals surface area (Å²) in [7, 11) is 0.